The summed E-state index contributed by atoms with van der Waals surface area (Å²) in [5.74, 6) is 0.345. The second-order valence-corrected chi connectivity index (χ2v) is 4.18. The molecule has 1 atom stereocenters. The molecule has 0 radical (unpaired) electrons. The number of rotatable bonds is 2. The maximum Gasteiger partial charge on any atom is 0.123 e. The smallest absolute Gasteiger partial charge is 0.123 e. The summed E-state index contributed by atoms with van der Waals surface area (Å²) in [5.41, 5.74) is 1.13. The van der Waals surface area contributed by atoms with Crippen molar-refractivity contribution in [2.24, 2.45) is 5.92 Å². The SMILES string of the molecule is CC(C)C(Br)c1ccc(F)cc1. The summed E-state index contributed by atoms with van der Waals surface area (Å²) >= 11 is 3.55. The average molecular weight is 231 g/mol. The van der Waals surface area contributed by atoms with E-state index in [0.717, 1.165) is 5.56 Å². The molecule has 1 rings (SSSR count). The molecule has 0 N–H and O–H groups in total. The maximum absolute atomic E-state index is 12.5. The van der Waals surface area contributed by atoms with Crippen LogP contribution in [0.25, 0.3) is 0 Å². The Labute approximate surface area is 80.9 Å². The second-order valence-electron chi connectivity index (χ2n) is 3.20. The third-order valence-corrected chi connectivity index (χ3v) is 3.36. The zero-order chi connectivity index (χ0) is 9.14. The minimum Gasteiger partial charge on any atom is -0.207 e. The van der Waals surface area contributed by atoms with Gasteiger partial charge in [0.25, 0.3) is 0 Å². The van der Waals surface area contributed by atoms with Crippen LogP contribution in [0, 0.1) is 11.7 Å². The first-order valence-corrected chi connectivity index (χ1v) is 4.92. The van der Waals surface area contributed by atoms with Crippen molar-refractivity contribution < 1.29 is 4.39 Å². The van der Waals surface area contributed by atoms with E-state index >= 15 is 0 Å². The van der Waals surface area contributed by atoms with Gasteiger partial charge in [-0.15, -0.1) is 0 Å². The molecule has 66 valence electrons. The lowest BCUT2D eigenvalue weighted by Crippen LogP contribution is -1.98. The van der Waals surface area contributed by atoms with Crippen LogP contribution >= 0.6 is 15.9 Å². The molecule has 12 heavy (non-hydrogen) atoms. The van der Waals surface area contributed by atoms with E-state index in [2.05, 4.69) is 29.8 Å². The van der Waals surface area contributed by atoms with E-state index in [4.69, 9.17) is 0 Å². The van der Waals surface area contributed by atoms with Gasteiger partial charge in [0.2, 0.25) is 0 Å². The molecule has 0 aliphatic heterocycles. The van der Waals surface area contributed by atoms with Crippen LogP contribution in [-0.2, 0) is 0 Å². The summed E-state index contributed by atoms with van der Waals surface area (Å²) in [4.78, 5) is 0.318. The number of alkyl halides is 1. The van der Waals surface area contributed by atoms with Gasteiger partial charge in [0.15, 0.2) is 0 Å². The fourth-order valence-electron chi connectivity index (χ4n) is 1.03. The van der Waals surface area contributed by atoms with Crippen molar-refractivity contribution in [2.45, 2.75) is 18.7 Å². The first kappa shape index (κ1) is 9.72. The largest absolute Gasteiger partial charge is 0.207 e. The van der Waals surface area contributed by atoms with E-state index in [1.807, 2.05) is 12.1 Å². The van der Waals surface area contributed by atoms with Crippen molar-refractivity contribution in [1.82, 2.24) is 0 Å². The van der Waals surface area contributed by atoms with Gasteiger partial charge < -0.3 is 0 Å². The third kappa shape index (κ3) is 2.31. The van der Waals surface area contributed by atoms with Crippen LogP contribution in [0.5, 0.6) is 0 Å². The molecule has 0 aliphatic rings. The van der Waals surface area contributed by atoms with Gasteiger partial charge in [-0.05, 0) is 23.6 Å². The molecule has 1 unspecified atom stereocenters. The molecule has 0 saturated carbocycles. The fraction of sp³-hybridized carbons (Fsp3) is 0.400. The summed E-state index contributed by atoms with van der Waals surface area (Å²) in [6, 6.07) is 6.61. The molecular formula is C10H12BrF. The average Bonchev–Trinajstić information content (AvgIpc) is 2.04. The molecule has 1 aromatic carbocycles. The summed E-state index contributed by atoms with van der Waals surface area (Å²) in [5, 5.41) is 0. The molecule has 0 spiro atoms. The molecule has 1 aromatic rings. The zero-order valence-corrected chi connectivity index (χ0v) is 8.81. The standard InChI is InChI=1S/C10H12BrF/c1-7(2)10(11)8-3-5-9(12)6-4-8/h3-7,10H,1-2H3. The zero-order valence-electron chi connectivity index (χ0n) is 7.22. The van der Waals surface area contributed by atoms with Crippen LogP contribution < -0.4 is 0 Å². The van der Waals surface area contributed by atoms with Gasteiger partial charge in [0.1, 0.15) is 5.82 Å². The highest BCUT2D eigenvalue weighted by molar-refractivity contribution is 9.09. The Bertz CT molecular complexity index is 241. The Morgan fingerprint density at radius 2 is 1.67 bits per heavy atom. The molecule has 0 aliphatic carbocycles. The highest BCUT2D eigenvalue weighted by atomic mass is 79.9. The minimum atomic E-state index is -0.179. The molecule has 0 heterocycles. The number of hydrogen-bond donors (Lipinski definition) is 0. The third-order valence-electron chi connectivity index (χ3n) is 1.77. The highest BCUT2D eigenvalue weighted by Crippen LogP contribution is 2.30. The van der Waals surface area contributed by atoms with Gasteiger partial charge >= 0.3 is 0 Å². The number of halogens is 2. The van der Waals surface area contributed by atoms with Crippen LogP contribution in [0.2, 0.25) is 0 Å². The Morgan fingerprint density at radius 3 is 2.08 bits per heavy atom. The van der Waals surface area contributed by atoms with E-state index < -0.39 is 0 Å². The van der Waals surface area contributed by atoms with E-state index in [1.54, 1.807) is 0 Å². The number of benzene rings is 1. The Balaban J connectivity index is 2.82. The molecule has 0 fully saturated rings. The van der Waals surface area contributed by atoms with Crippen molar-refractivity contribution in [3.05, 3.63) is 35.6 Å². The maximum atomic E-state index is 12.5. The van der Waals surface area contributed by atoms with Crippen LogP contribution in [0.3, 0.4) is 0 Å². The highest BCUT2D eigenvalue weighted by Gasteiger charge is 2.10. The van der Waals surface area contributed by atoms with E-state index in [9.17, 15) is 4.39 Å². The lowest BCUT2D eigenvalue weighted by atomic mass is 10.0. The summed E-state index contributed by atoms with van der Waals surface area (Å²) < 4.78 is 12.5. The van der Waals surface area contributed by atoms with Crippen LogP contribution in [-0.4, -0.2) is 0 Å². The molecule has 0 nitrogen and oxygen atoms in total. The van der Waals surface area contributed by atoms with Crippen molar-refractivity contribution in [3.8, 4) is 0 Å². The molecule has 0 bridgehead atoms. The van der Waals surface area contributed by atoms with Crippen LogP contribution in [0.1, 0.15) is 24.2 Å². The lowest BCUT2D eigenvalue weighted by molar-refractivity contribution is 0.619. The van der Waals surface area contributed by atoms with Gasteiger partial charge in [-0.25, -0.2) is 4.39 Å². The van der Waals surface area contributed by atoms with Gasteiger partial charge in [0.05, 0.1) is 0 Å². The fourth-order valence-corrected chi connectivity index (χ4v) is 1.34. The second kappa shape index (κ2) is 4.04. The first-order valence-electron chi connectivity index (χ1n) is 4.01. The van der Waals surface area contributed by atoms with Crippen molar-refractivity contribution in [1.29, 1.82) is 0 Å². The van der Waals surface area contributed by atoms with Gasteiger partial charge in [-0.2, -0.15) is 0 Å². The minimum absolute atomic E-state index is 0.179. The van der Waals surface area contributed by atoms with Crippen molar-refractivity contribution >= 4 is 15.9 Å². The van der Waals surface area contributed by atoms with Crippen LogP contribution in [0.4, 0.5) is 4.39 Å². The normalized spacial score (nSPS) is 13.4. The topological polar surface area (TPSA) is 0 Å². The number of hydrogen-bond acceptors (Lipinski definition) is 0. The monoisotopic (exact) mass is 230 g/mol. The van der Waals surface area contributed by atoms with Gasteiger partial charge in [0, 0.05) is 4.83 Å². The Morgan fingerprint density at radius 1 is 1.17 bits per heavy atom. The molecule has 0 amide bonds. The molecule has 0 aromatic heterocycles. The predicted octanol–water partition coefficient (Wildman–Crippen LogP) is 3.92. The Kier molecular flexibility index (Phi) is 3.27. The molecule has 0 saturated heterocycles. The van der Waals surface area contributed by atoms with E-state index in [1.165, 1.54) is 12.1 Å². The first-order chi connectivity index (χ1) is 5.61. The molecular weight excluding hydrogens is 219 g/mol. The van der Waals surface area contributed by atoms with E-state index in [0.29, 0.717) is 10.7 Å². The van der Waals surface area contributed by atoms with Crippen molar-refractivity contribution in [2.75, 3.05) is 0 Å². The van der Waals surface area contributed by atoms with Crippen molar-refractivity contribution in [3.63, 3.8) is 0 Å². The Hall–Kier alpha value is -0.370. The van der Waals surface area contributed by atoms with E-state index in [-0.39, 0.29) is 5.82 Å². The summed E-state index contributed by atoms with van der Waals surface area (Å²) in [7, 11) is 0. The summed E-state index contributed by atoms with van der Waals surface area (Å²) in [6.45, 7) is 4.26. The lowest BCUT2D eigenvalue weighted by Gasteiger charge is -2.13. The predicted molar refractivity (Wildman–Crippen MR) is 52.9 cm³/mol. The van der Waals surface area contributed by atoms with Gasteiger partial charge in [-0.3, -0.25) is 0 Å². The summed E-state index contributed by atoms with van der Waals surface area (Å²) in [6.07, 6.45) is 0. The van der Waals surface area contributed by atoms with Gasteiger partial charge in [-0.1, -0.05) is 41.9 Å². The quantitative estimate of drug-likeness (QED) is 0.676. The van der Waals surface area contributed by atoms with Crippen LogP contribution in [0.15, 0.2) is 24.3 Å². The molecule has 2 heteroatoms.